The van der Waals surface area contributed by atoms with Gasteiger partial charge in [-0.05, 0) is 36.2 Å². The minimum Gasteiger partial charge on any atom is -0.435 e. The zero-order valence-electron chi connectivity index (χ0n) is 20.9. The number of ether oxygens (including phenoxy) is 1. The van der Waals surface area contributed by atoms with E-state index in [0.29, 0.717) is 42.2 Å². The van der Waals surface area contributed by atoms with Crippen LogP contribution in [0.3, 0.4) is 0 Å². The number of aromatic nitrogens is 3. The molecule has 3 heterocycles. The Labute approximate surface area is 230 Å². The topological polar surface area (TPSA) is 138 Å². The van der Waals surface area contributed by atoms with Gasteiger partial charge in [0.2, 0.25) is 34.8 Å². The lowest BCUT2D eigenvalue weighted by Gasteiger charge is -2.23. The molecule has 206 valence electrons. The van der Waals surface area contributed by atoms with Gasteiger partial charge in [0.15, 0.2) is 11.6 Å². The molecule has 5 rings (SSSR count). The molecular formula is C27H24F2N6O4S. The summed E-state index contributed by atoms with van der Waals surface area (Å²) in [5.74, 6) is -2.65. The molecule has 2 aromatic carbocycles. The van der Waals surface area contributed by atoms with Crippen molar-refractivity contribution in [2.45, 2.75) is 24.9 Å². The second-order valence-electron chi connectivity index (χ2n) is 8.90. The van der Waals surface area contributed by atoms with Gasteiger partial charge in [-0.2, -0.15) is 4.39 Å². The second kappa shape index (κ2) is 12.2. The summed E-state index contributed by atoms with van der Waals surface area (Å²) in [6, 6.07) is 14.7. The van der Waals surface area contributed by atoms with Crippen LogP contribution >= 0.6 is 0 Å². The van der Waals surface area contributed by atoms with Crippen LogP contribution in [0.1, 0.15) is 30.0 Å². The molecule has 10 nitrogen and oxygen atoms in total. The van der Waals surface area contributed by atoms with Crippen LogP contribution in [0.5, 0.6) is 11.6 Å². The maximum absolute atomic E-state index is 15.3. The van der Waals surface area contributed by atoms with Crippen LogP contribution in [-0.2, 0) is 16.1 Å². The molecule has 1 aliphatic rings. The van der Waals surface area contributed by atoms with Gasteiger partial charge >= 0.3 is 0 Å². The fourth-order valence-corrected chi connectivity index (χ4v) is 4.76. The van der Waals surface area contributed by atoms with Crippen LogP contribution in [0.4, 0.5) is 14.7 Å². The standard InChI is InChI=1S/C27H24F2N6O4S/c28-23-19(25(35-40(37)38)16-5-2-1-3-6-16)9-10-21(24(23)29)39-26-18(7-4-13-30-26)20-12-14-31-27(34-20)33-17-8-11-22(36)32-15-17/h1-7,9-10,12-14,17,25,35H,8,11,15H2,(H,32,36)(H,37,38)(H,31,33,34)/t17-,25-/m0/s1. The number of nitrogens with one attached hydrogen (secondary N) is 3. The summed E-state index contributed by atoms with van der Waals surface area (Å²) in [6.45, 7) is 0.448. The quantitative estimate of drug-likeness (QED) is 0.222. The summed E-state index contributed by atoms with van der Waals surface area (Å²) in [7, 11) is 0. The maximum Gasteiger partial charge on any atom is 0.232 e. The molecule has 4 N–H and O–H groups in total. The maximum atomic E-state index is 15.3. The van der Waals surface area contributed by atoms with Gasteiger partial charge in [-0.3, -0.25) is 9.35 Å². The van der Waals surface area contributed by atoms with Crippen LogP contribution in [0.2, 0.25) is 0 Å². The van der Waals surface area contributed by atoms with E-state index < -0.39 is 34.7 Å². The Bertz CT molecular complexity index is 1530. The number of nitrogens with zero attached hydrogens (tertiary/aromatic N) is 3. The SMILES string of the molecule is O=C1CC[C@H](Nc2nccc(-c3cccnc3Oc3ccc([C@@H](NS(=O)O)c4ccccc4)c(F)c3F)n2)CN1. The molecule has 0 bridgehead atoms. The van der Waals surface area contributed by atoms with Crippen LogP contribution in [0.25, 0.3) is 11.3 Å². The highest BCUT2D eigenvalue weighted by atomic mass is 32.2. The van der Waals surface area contributed by atoms with Crippen molar-refractivity contribution in [1.29, 1.82) is 0 Å². The van der Waals surface area contributed by atoms with E-state index in [2.05, 4.69) is 30.3 Å². The normalized spacial score (nSPS) is 16.6. The highest BCUT2D eigenvalue weighted by Gasteiger charge is 2.25. The molecule has 40 heavy (non-hydrogen) atoms. The van der Waals surface area contributed by atoms with Gasteiger partial charge in [-0.1, -0.05) is 36.4 Å². The third kappa shape index (κ3) is 6.28. The fraction of sp³-hybridized carbons (Fsp3) is 0.185. The molecule has 2 aromatic heterocycles. The van der Waals surface area contributed by atoms with E-state index in [-0.39, 0.29) is 23.4 Å². The lowest BCUT2D eigenvalue weighted by Crippen LogP contribution is -2.42. The van der Waals surface area contributed by atoms with Crippen molar-refractivity contribution in [2.75, 3.05) is 11.9 Å². The molecule has 4 aromatic rings. The van der Waals surface area contributed by atoms with Gasteiger partial charge in [0.1, 0.15) is 0 Å². The Hall–Kier alpha value is -4.33. The first-order valence-corrected chi connectivity index (χ1v) is 13.4. The summed E-state index contributed by atoms with van der Waals surface area (Å²) in [6.07, 6.45) is 4.02. The molecule has 3 atom stereocenters. The average molecular weight is 567 g/mol. The predicted molar refractivity (Wildman–Crippen MR) is 144 cm³/mol. The molecule has 1 amide bonds. The van der Waals surface area contributed by atoms with Gasteiger partial charge in [-0.25, -0.2) is 28.3 Å². The number of piperidine rings is 1. The number of amides is 1. The summed E-state index contributed by atoms with van der Waals surface area (Å²) in [5.41, 5.74) is 1.13. The van der Waals surface area contributed by atoms with Crippen molar-refractivity contribution in [3.05, 3.63) is 95.8 Å². The molecular weight excluding hydrogens is 542 g/mol. The van der Waals surface area contributed by atoms with Gasteiger partial charge in [0.25, 0.3) is 0 Å². The number of hydrogen-bond acceptors (Lipinski definition) is 7. The smallest absolute Gasteiger partial charge is 0.232 e. The lowest BCUT2D eigenvalue weighted by molar-refractivity contribution is -0.122. The van der Waals surface area contributed by atoms with E-state index in [1.54, 1.807) is 54.7 Å². The van der Waals surface area contributed by atoms with Crippen LogP contribution in [0.15, 0.2) is 73.1 Å². The molecule has 13 heteroatoms. The van der Waals surface area contributed by atoms with Crippen molar-refractivity contribution in [3.63, 3.8) is 0 Å². The minimum atomic E-state index is -2.50. The van der Waals surface area contributed by atoms with Crippen molar-refractivity contribution in [3.8, 4) is 22.9 Å². The summed E-state index contributed by atoms with van der Waals surface area (Å²) >= 11 is -2.50. The van der Waals surface area contributed by atoms with Crippen LogP contribution in [-0.4, -0.2) is 42.2 Å². The molecule has 0 spiro atoms. The van der Waals surface area contributed by atoms with E-state index in [4.69, 9.17) is 4.74 Å². The number of anilines is 1. The first-order valence-electron chi connectivity index (χ1n) is 12.3. The molecule has 0 aliphatic carbocycles. The number of pyridine rings is 1. The number of carbonyl (C=O) groups is 1. The number of benzene rings is 2. The zero-order valence-corrected chi connectivity index (χ0v) is 21.7. The highest BCUT2D eigenvalue weighted by molar-refractivity contribution is 7.77. The predicted octanol–water partition coefficient (Wildman–Crippen LogP) is 4.12. The van der Waals surface area contributed by atoms with E-state index in [1.807, 2.05) is 0 Å². The number of halogens is 2. The molecule has 0 saturated carbocycles. The van der Waals surface area contributed by atoms with Crippen molar-refractivity contribution in [2.24, 2.45) is 0 Å². The molecule has 1 aliphatic heterocycles. The van der Waals surface area contributed by atoms with Crippen molar-refractivity contribution >= 4 is 23.1 Å². The molecule has 1 saturated heterocycles. The second-order valence-corrected chi connectivity index (χ2v) is 9.63. The van der Waals surface area contributed by atoms with Crippen molar-refractivity contribution in [1.82, 2.24) is 25.0 Å². The third-order valence-electron chi connectivity index (χ3n) is 6.25. The zero-order chi connectivity index (χ0) is 28.1. The average Bonchev–Trinajstić information content (AvgIpc) is 2.97. The Morgan fingerprint density at radius 2 is 1.85 bits per heavy atom. The van der Waals surface area contributed by atoms with Gasteiger partial charge in [0.05, 0.1) is 17.3 Å². The van der Waals surface area contributed by atoms with Crippen LogP contribution in [0, 0.1) is 11.6 Å². The van der Waals surface area contributed by atoms with Gasteiger partial charge in [0, 0.05) is 37.0 Å². The summed E-state index contributed by atoms with van der Waals surface area (Å²) in [4.78, 5) is 24.4. The van der Waals surface area contributed by atoms with Crippen molar-refractivity contribution < 1.29 is 27.1 Å². The van der Waals surface area contributed by atoms with Crippen LogP contribution < -0.4 is 20.1 Å². The largest absolute Gasteiger partial charge is 0.435 e. The first kappa shape index (κ1) is 27.2. The van der Waals surface area contributed by atoms with E-state index >= 15 is 8.78 Å². The monoisotopic (exact) mass is 566 g/mol. The minimum absolute atomic E-state index is 0.00297. The Balaban J connectivity index is 1.41. The molecule has 1 fully saturated rings. The lowest BCUT2D eigenvalue weighted by atomic mass is 9.99. The van der Waals surface area contributed by atoms with E-state index in [1.165, 1.54) is 18.3 Å². The number of rotatable bonds is 9. The summed E-state index contributed by atoms with van der Waals surface area (Å²) in [5, 5.41) is 5.98. The molecule has 0 radical (unpaired) electrons. The van der Waals surface area contributed by atoms with E-state index in [9.17, 15) is 13.6 Å². The van der Waals surface area contributed by atoms with Gasteiger partial charge in [-0.15, -0.1) is 0 Å². The number of carbonyl (C=O) groups excluding carboxylic acids is 1. The summed E-state index contributed by atoms with van der Waals surface area (Å²) < 4.78 is 59.6. The number of hydrogen-bond donors (Lipinski definition) is 4. The Morgan fingerprint density at radius 1 is 1.02 bits per heavy atom. The van der Waals surface area contributed by atoms with Gasteiger partial charge < -0.3 is 15.4 Å². The van der Waals surface area contributed by atoms with E-state index in [0.717, 1.165) is 0 Å². The Kier molecular flexibility index (Phi) is 8.34. The highest BCUT2D eigenvalue weighted by Crippen LogP contribution is 2.35. The fourth-order valence-electron chi connectivity index (χ4n) is 4.29. The first-order chi connectivity index (χ1) is 19.4. The Morgan fingerprint density at radius 3 is 2.60 bits per heavy atom. The third-order valence-corrected chi connectivity index (χ3v) is 6.68. The molecule has 1 unspecified atom stereocenters.